The molecule has 1 aromatic rings. The van der Waals surface area contributed by atoms with Gasteiger partial charge in [-0.1, -0.05) is 54.5 Å². The van der Waals surface area contributed by atoms with Gasteiger partial charge in [0.25, 0.3) is 0 Å². The topological polar surface area (TPSA) is 41.9 Å². The smallest absolute Gasteiger partial charge is 0.178 e. The first kappa shape index (κ1) is 30.2. The molecule has 0 aliphatic carbocycles. The summed E-state index contributed by atoms with van der Waals surface area (Å²) < 4.78 is 12.0. The molecule has 1 N–H and O–H groups in total. The molecule has 0 aliphatic heterocycles. The normalized spacial score (nSPS) is 13.9. The molecule has 1 unspecified atom stereocenters. The second-order valence-corrected chi connectivity index (χ2v) is 21.7. The third-order valence-corrected chi connectivity index (χ3v) is 18.3. The fraction of sp³-hybridized carbons (Fsp3) is 0.760. The van der Waals surface area contributed by atoms with Crippen LogP contribution in [0.15, 0.2) is 18.2 Å². The van der Waals surface area contributed by atoms with Gasteiger partial charge >= 0.3 is 0 Å². The zero-order chi connectivity index (χ0) is 24.8. The molecular formula is C25H51NO3Si2. The third kappa shape index (κ3) is 8.91. The molecule has 0 radical (unpaired) electrons. The maximum Gasteiger partial charge on any atom is 0.178 e. The predicted molar refractivity (Wildman–Crippen MR) is 143 cm³/mol. The van der Waals surface area contributed by atoms with Gasteiger partial charge in [0, 0.05) is 32.5 Å². The van der Waals surface area contributed by atoms with E-state index in [-0.39, 0.29) is 6.61 Å². The molecule has 0 saturated carbocycles. The summed E-state index contributed by atoms with van der Waals surface area (Å²) in [6.07, 6.45) is 0.762. The Hall–Kier alpha value is -0.826. The van der Waals surface area contributed by atoms with Crippen LogP contribution in [0.25, 0.3) is 0 Å². The molecule has 0 amide bonds. The molecule has 1 aromatic carbocycles. The standard InChI is InChI=1S/C13H21NO2.C12H30OSi2/c1-10(7-8-15)12-6-5-11(14(2)3)9-13(12)16-4;1-11(2,3)14(7,8)13-15(9,10)12(4,5)6/h5-6,9-10,15H,7-8H2,1-4H3;1-10H3. The lowest BCUT2D eigenvalue weighted by atomic mass is 9.97. The molecule has 1 atom stereocenters. The molecule has 0 bridgehead atoms. The first-order valence-corrected chi connectivity index (χ1v) is 17.3. The zero-order valence-electron chi connectivity index (χ0n) is 22.9. The van der Waals surface area contributed by atoms with Gasteiger partial charge in [-0.05, 0) is 60.2 Å². The Morgan fingerprint density at radius 1 is 0.935 bits per heavy atom. The van der Waals surface area contributed by atoms with Crippen molar-refractivity contribution in [1.29, 1.82) is 0 Å². The average molecular weight is 470 g/mol. The number of nitrogens with zero attached hydrogens (tertiary/aromatic N) is 1. The second-order valence-electron chi connectivity index (χ2n) is 11.9. The molecule has 4 nitrogen and oxygen atoms in total. The number of hydrogen-bond donors (Lipinski definition) is 1. The summed E-state index contributed by atoms with van der Waals surface area (Å²) in [6, 6.07) is 6.18. The summed E-state index contributed by atoms with van der Waals surface area (Å²) in [5.41, 5.74) is 2.28. The highest BCUT2D eigenvalue weighted by atomic mass is 28.4. The predicted octanol–water partition coefficient (Wildman–Crippen LogP) is 7.26. The molecule has 0 spiro atoms. The van der Waals surface area contributed by atoms with Crippen LogP contribution >= 0.6 is 0 Å². The van der Waals surface area contributed by atoms with Crippen molar-refractivity contribution in [1.82, 2.24) is 0 Å². The van der Waals surface area contributed by atoms with Crippen molar-refractivity contribution in [2.75, 3.05) is 32.7 Å². The van der Waals surface area contributed by atoms with E-state index in [1.54, 1.807) is 7.11 Å². The summed E-state index contributed by atoms with van der Waals surface area (Å²) >= 11 is 0. The van der Waals surface area contributed by atoms with E-state index in [9.17, 15) is 0 Å². The molecule has 6 heteroatoms. The van der Waals surface area contributed by atoms with E-state index in [0.29, 0.717) is 16.0 Å². The second kappa shape index (κ2) is 11.3. The number of anilines is 1. The van der Waals surface area contributed by atoms with Gasteiger partial charge in [0.05, 0.1) is 7.11 Å². The minimum atomic E-state index is -1.59. The first-order chi connectivity index (χ1) is 13.8. The van der Waals surface area contributed by atoms with Gasteiger partial charge < -0.3 is 18.9 Å². The molecule has 1 rings (SSSR count). The van der Waals surface area contributed by atoms with E-state index < -0.39 is 16.6 Å². The molecule has 0 saturated heterocycles. The molecule has 0 aromatic heterocycles. The van der Waals surface area contributed by atoms with Crippen LogP contribution in [-0.4, -0.2) is 49.6 Å². The molecule has 31 heavy (non-hydrogen) atoms. The summed E-state index contributed by atoms with van der Waals surface area (Å²) in [5, 5.41) is 9.60. The van der Waals surface area contributed by atoms with Crippen LogP contribution in [0.5, 0.6) is 5.75 Å². The van der Waals surface area contributed by atoms with E-state index >= 15 is 0 Å². The third-order valence-electron chi connectivity index (χ3n) is 6.95. The Morgan fingerprint density at radius 3 is 1.71 bits per heavy atom. The van der Waals surface area contributed by atoms with Crippen molar-refractivity contribution < 1.29 is 14.0 Å². The monoisotopic (exact) mass is 469 g/mol. The fourth-order valence-corrected chi connectivity index (χ4v) is 10.2. The number of rotatable bonds is 7. The molecule has 182 valence electrons. The van der Waals surface area contributed by atoms with Gasteiger partial charge in [-0.25, -0.2) is 0 Å². The number of methoxy groups -OCH3 is 1. The van der Waals surface area contributed by atoms with Crippen LogP contribution in [0.4, 0.5) is 5.69 Å². The summed E-state index contributed by atoms with van der Waals surface area (Å²) in [6.45, 7) is 25.6. The minimum Gasteiger partial charge on any atom is -0.496 e. The Morgan fingerprint density at radius 2 is 1.39 bits per heavy atom. The Kier molecular flexibility index (Phi) is 11.0. The van der Waals surface area contributed by atoms with Crippen LogP contribution in [0.1, 0.15) is 66.4 Å². The van der Waals surface area contributed by atoms with Gasteiger partial charge in [0.1, 0.15) is 5.75 Å². The van der Waals surface area contributed by atoms with Crippen LogP contribution in [0.2, 0.25) is 36.3 Å². The summed E-state index contributed by atoms with van der Waals surface area (Å²) in [7, 11) is 2.52. The van der Waals surface area contributed by atoms with Gasteiger partial charge in [0.2, 0.25) is 0 Å². The van der Waals surface area contributed by atoms with Gasteiger partial charge in [-0.2, -0.15) is 0 Å². The lowest BCUT2D eigenvalue weighted by Crippen LogP contribution is -2.53. The van der Waals surface area contributed by atoms with Crippen LogP contribution in [-0.2, 0) is 4.12 Å². The number of benzene rings is 1. The van der Waals surface area contributed by atoms with Crippen LogP contribution in [0, 0.1) is 0 Å². The number of hydrogen-bond acceptors (Lipinski definition) is 4. The Bertz CT molecular complexity index is 650. The average Bonchev–Trinajstić information content (AvgIpc) is 2.59. The highest BCUT2D eigenvalue weighted by Gasteiger charge is 2.46. The van der Waals surface area contributed by atoms with Crippen LogP contribution in [0.3, 0.4) is 0 Å². The quantitative estimate of drug-likeness (QED) is 0.427. The maximum atomic E-state index is 8.96. The number of aliphatic hydroxyl groups is 1. The van der Waals surface area contributed by atoms with E-state index in [1.807, 2.05) is 25.1 Å². The number of ether oxygens (including phenoxy) is 1. The molecule has 0 fully saturated rings. The summed E-state index contributed by atoms with van der Waals surface area (Å²) in [4.78, 5) is 2.04. The zero-order valence-corrected chi connectivity index (χ0v) is 24.9. The summed E-state index contributed by atoms with van der Waals surface area (Å²) in [5.74, 6) is 1.21. The fourth-order valence-electron chi connectivity index (χ4n) is 2.68. The lowest BCUT2D eigenvalue weighted by molar-refractivity contribution is 0.277. The van der Waals surface area contributed by atoms with Crippen molar-refractivity contribution in [3.05, 3.63) is 23.8 Å². The Balaban J connectivity index is 0.000000582. The van der Waals surface area contributed by atoms with Crippen molar-refractivity contribution >= 4 is 22.3 Å². The van der Waals surface area contributed by atoms with Crippen LogP contribution < -0.4 is 9.64 Å². The van der Waals surface area contributed by atoms with Crippen molar-refractivity contribution in [3.8, 4) is 5.75 Å². The van der Waals surface area contributed by atoms with Crippen molar-refractivity contribution in [2.24, 2.45) is 0 Å². The SMILES string of the molecule is CC(C)(C)[Si](C)(C)O[Si](C)(C)C(C)(C)C.COc1cc(N(C)C)ccc1C(C)CCO. The highest BCUT2D eigenvalue weighted by Crippen LogP contribution is 2.44. The van der Waals surface area contributed by atoms with Crippen molar-refractivity contribution in [2.45, 2.75) is 97.1 Å². The first-order valence-electron chi connectivity index (χ1n) is 11.5. The number of aliphatic hydroxyl groups excluding tert-OH is 1. The maximum absolute atomic E-state index is 8.96. The Labute approximate surface area is 195 Å². The lowest BCUT2D eigenvalue weighted by Gasteiger charge is -2.47. The highest BCUT2D eigenvalue weighted by molar-refractivity contribution is 6.87. The van der Waals surface area contributed by atoms with Gasteiger partial charge in [-0.15, -0.1) is 0 Å². The van der Waals surface area contributed by atoms with Crippen molar-refractivity contribution in [3.63, 3.8) is 0 Å². The molecule has 0 aliphatic rings. The molecular weight excluding hydrogens is 418 g/mol. The van der Waals surface area contributed by atoms with Gasteiger partial charge in [-0.3, -0.25) is 0 Å². The van der Waals surface area contributed by atoms with E-state index in [0.717, 1.165) is 23.4 Å². The van der Waals surface area contributed by atoms with E-state index in [1.165, 1.54) is 0 Å². The van der Waals surface area contributed by atoms with Gasteiger partial charge in [0.15, 0.2) is 16.6 Å². The minimum absolute atomic E-state index is 0.208. The van der Waals surface area contributed by atoms with E-state index in [4.69, 9.17) is 14.0 Å². The largest absolute Gasteiger partial charge is 0.496 e. The van der Waals surface area contributed by atoms with E-state index in [2.05, 4.69) is 86.8 Å². The molecule has 0 heterocycles.